The van der Waals surface area contributed by atoms with Gasteiger partial charge in [0, 0.05) is 36.0 Å². The Morgan fingerprint density at radius 2 is 2.00 bits per heavy atom. The first kappa shape index (κ1) is 17.0. The Morgan fingerprint density at radius 1 is 1.15 bits per heavy atom. The molecule has 0 saturated carbocycles. The molecular formula is C20H20N6O. The number of aromatic nitrogens is 5. The van der Waals surface area contributed by atoms with Crippen LogP contribution in [0.1, 0.15) is 11.4 Å². The van der Waals surface area contributed by atoms with Crippen molar-refractivity contribution in [1.29, 1.82) is 0 Å². The highest BCUT2D eigenvalue weighted by atomic mass is 16.2. The zero-order valence-electron chi connectivity index (χ0n) is 15.5. The quantitative estimate of drug-likeness (QED) is 0.607. The lowest BCUT2D eigenvalue weighted by atomic mass is 10.0. The second-order valence-electron chi connectivity index (χ2n) is 6.50. The minimum absolute atomic E-state index is 0.140. The third-order valence-electron chi connectivity index (χ3n) is 4.65. The van der Waals surface area contributed by atoms with Gasteiger partial charge in [0.15, 0.2) is 0 Å². The molecule has 0 radical (unpaired) electrons. The third kappa shape index (κ3) is 3.19. The number of anilines is 1. The van der Waals surface area contributed by atoms with Gasteiger partial charge in [-0.05, 0) is 37.6 Å². The van der Waals surface area contributed by atoms with E-state index in [1.165, 1.54) is 0 Å². The van der Waals surface area contributed by atoms with Crippen molar-refractivity contribution in [3.8, 4) is 11.1 Å². The predicted octanol–water partition coefficient (Wildman–Crippen LogP) is 3.09. The van der Waals surface area contributed by atoms with Gasteiger partial charge >= 0.3 is 0 Å². The summed E-state index contributed by atoms with van der Waals surface area (Å²) in [6, 6.07) is 11.9. The van der Waals surface area contributed by atoms with Gasteiger partial charge in [0.2, 0.25) is 5.91 Å². The van der Waals surface area contributed by atoms with Crippen molar-refractivity contribution in [1.82, 2.24) is 24.5 Å². The molecule has 7 heteroatoms. The summed E-state index contributed by atoms with van der Waals surface area (Å²) in [5, 5.41) is 12.6. The molecule has 0 bridgehead atoms. The van der Waals surface area contributed by atoms with Crippen LogP contribution in [0.4, 0.5) is 5.82 Å². The van der Waals surface area contributed by atoms with Crippen LogP contribution in [-0.2, 0) is 18.4 Å². The number of hydrogen-bond donors (Lipinski definition) is 1. The third-order valence-corrected chi connectivity index (χ3v) is 4.65. The molecule has 27 heavy (non-hydrogen) atoms. The van der Waals surface area contributed by atoms with E-state index < -0.39 is 0 Å². The van der Waals surface area contributed by atoms with Crippen molar-refractivity contribution in [3.63, 3.8) is 0 Å². The molecule has 1 N–H and O–H groups in total. The summed E-state index contributed by atoms with van der Waals surface area (Å²) in [7, 11) is 1.78. The highest BCUT2D eigenvalue weighted by molar-refractivity contribution is 5.90. The summed E-state index contributed by atoms with van der Waals surface area (Å²) in [6.07, 6.45) is 3.43. The molecule has 4 rings (SSSR count). The number of nitrogens with zero attached hydrogens (tertiary/aromatic N) is 5. The van der Waals surface area contributed by atoms with E-state index in [4.69, 9.17) is 0 Å². The Morgan fingerprint density at radius 3 is 2.78 bits per heavy atom. The van der Waals surface area contributed by atoms with Gasteiger partial charge in [0.1, 0.15) is 12.4 Å². The number of fused-ring (bicyclic) bond motifs is 1. The van der Waals surface area contributed by atoms with E-state index >= 15 is 0 Å². The summed E-state index contributed by atoms with van der Waals surface area (Å²) >= 11 is 0. The standard InChI is InChI=1S/C20H20N6O/c1-13-20(16-6-7-17-15(11-16)5-4-9-21-17)14(2)26(24-13)12-19(27)23-18-8-10-22-25(18)3/h4-11H,12H2,1-3H3,(H,23,27). The fraction of sp³-hybridized carbons (Fsp3) is 0.200. The summed E-state index contributed by atoms with van der Waals surface area (Å²) in [5.74, 6) is 0.516. The molecule has 4 aromatic rings. The summed E-state index contributed by atoms with van der Waals surface area (Å²) in [4.78, 5) is 16.8. The Hall–Kier alpha value is -3.48. The molecule has 1 aromatic carbocycles. The first-order chi connectivity index (χ1) is 13.0. The highest BCUT2D eigenvalue weighted by Crippen LogP contribution is 2.29. The molecule has 0 saturated heterocycles. The van der Waals surface area contributed by atoms with E-state index in [1.54, 1.807) is 34.9 Å². The number of rotatable bonds is 4. The van der Waals surface area contributed by atoms with Crippen LogP contribution < -0.4 is 5.32 Å². The van der Waals surface area contributed by atoms with Crippen LogP contribution in [0.2, 0.25) is 0 Å². The minimum atomic E-state index is -0.140. The largest absolute Gasteiger partial charge is 0.309 e. The molecule has 0 aliphatic carbocycles. The zero-order chi connectivity index (χ0) is 19.0. The molecule has 1 amide bonds. The molecule has 7 nitrogen and oxygen atoms in total. The lowest BCUT2D eigenvalue weighted by molar-refractivity contribution is -0.117. The lowest BCUT2D eigenvalue weighted by Gasteiger charge is -2.08. The van der Waals surface area contributed by atoms with Crippen molar-refractivity contribution < 1.29 is 4.79 Å². The van der Waals surface area contributed by atoms with Gasteiger partial charge in [0.05, 0.1) is 17.4 Å². The normalized spacial score (nSPS) is 11.1. The van der Waals surface area contributed by atoms with E-state index in [-0.39, 0.29) is 12.5 Å². The van der Waals surface area contributed by atoms with Gasteiger partial charge in [-0.2, -0.15) is 10.2 Å². The van der Waals surface area contributed by atoms with E-state index in [2.05, 4.69) is 26.6 Å². The molecule has 0 unspecified atom stereocenters. The number of carbonyl (C=O) groups excluding carboxylic acids is 1. The monoisotopic (exact) mass is 360 g/mol. The average molecular weight is 360 g/mol. The molecule has 0 aliphatic heterocycles. The Labute approximate surface area is 156 Å². The lowest BCUT2D eigenvalue weighted by Crippen LogP contribution is -2.21. The van der Waals surface area contributed by atoms with Crippen molar-refractivity contribution >= 4 is 22.6 Å². The fourth-order valence-electron chi connectivity index (χ4n) is 3.31. The number of hydrogen-bond acceptors (Lipinski definition) is 4. The SMILES string of the molecule is Cc1nn(CC(=O)Nc2ccnn2C)c(C)c1-c1ccc2ncccc2c1. The number of pyridine rings is 1. The minimum Gasteiger partial charge on any atom is -0.309 e. The average Bonchev–Trinajstić information content (AvgIpc) is 3.17. The number of aryl methyl sites for hydroxylation is 2. The van der Waals surface area contributed by atoms with Gasteiger partial charge < -0.3 is 5.32 Å². The summed E-state index contributed by atoms with van der Waals surface area (Å²) < 4.78 is 3.36. The van der Waals surface area contributed by atoms with Crippen LogP contribution in [0.15, 0.2) is 48.8 Å². The molecule has 136 valence electrons. The second-order valence-corrected chi connectivity index (χ2v) is 6.50. The zero-order valence-corrected chi connectivity index (χ0v) is 15.5. The molecule has 0 fully saturated rings. The van der Waals surface area contributed by atoms with E-state index in [1.807, 2.05) is 38.1 Å². The van der Waals surface area contributed by atoms with Gasteiger partial charge in [-0.25, -0.2) is 0 Å². The number of nitrogens with one attached hydrogen (secondary N) is 1. The Kier molecular flexibility index (Phi) is 4.19. The van der Waals surface area contributed by atoms with Gasteiger partial charge in [-0.1, -0.05) is 12.1 Å². The van der Waals surface area contributed by atoms with Gasteiger partial charge in [-0.15, -0.1) is 0 Å². The second kappa shape index (κ2) is 6.68. The molecular weight excluding hydrogens is 340 g/mol. The molecule has 0 aliphatic rings. The number of benzene rings is 1. The van der Waals surface area contributed by atoms with E-state index in [0.717, 1.165) is 33.4 Å². The highest BCUT2D eigenvalue weighted by Gasteiger charge is 2.16. The first-order valence-corrected chi connectivity index (χ1v) is 8.70. The maximum Gasteiger partial charge on any atom is 0.247 e. The molecule has 0 atom stereocenters. The van der Waals surface area contributed by atoms with Crippen molar-refractivity contribution in [2.75, 3.05) is 5.32 Å². The van der Waals surface area contributed by atoms with Crippen LogP contribution in [-0.4, -0.2) is 30.5 Å². The van der Waals surface area contributed by atoms with Gasteiger partial charge in [-0.3, -0.25) is 19.1 Å². The van der Waals surface area contributed by atoms with Crippen LogP contribution >= 0.6 is 0 Å². The van der Waals surface area contributed by atoms with E-state index in [0.29, 0.717) is 5.82 Å². The van der Waals surface area contributed by atoms with Crippen LogP contribution in [0.25, 0.3) is 22.0 Å². The van der Waals surface area contributed by atoms with Crippen molar-refractivity contribution in [2.24, 2.45) is 7.05 Å². The van der Waals surface area contributed by atoms with E-state index in [9.17, 15) is 4.79 Å². The first-order valence-electron chi connectivity index (χ1n) is 8.70. The maximum absolute atomic E-state index is 12.4. The Bertz CT molecular complexity index is 1140. The molecule has 0 spiro atoms. The molecule has 3 heterocycles. The van der Waals surface area contributed by atoms with Crippen molar-refractivity contribution in [2.45, 2.75) is 20.4 Å². The fourth-order valence-corrected chi connectivity index (χ4v) is 3.31. The number of amides is 1. The Balaban J connectivity index is 1.63. The van der Waals surface area contributed by atoms with Gasteiger partial charge in [0.25, 0.3) is 0 Å². The van der Waals surface area contributed by atoms with Crippen LogP contribution in [0.5, 0.6) is 0 Å². The van der Waals surface area contributed by atoms with Crippen LogP contribution in [0.3, 0.4) is 0 Å². The van der Waals surface area contributed by atoms with Crippen LogP contribution in [0, 0.1) is 13.8 Å². The summed E-state index contributed by atoms with van der Waals surface area (Å²) in [5.41, 5.74) is 4.93. The topological polar surface area (TPSA) is 77.6 Å². The smallest absolute Gasteiger partial charge is 0.247 e. The number of carbonyl (C=O) groups is 1. The molecule has 3 aromatic heterocycles. The summed E-state index contributed by atoms with van der Waals surface area (Å²) in [6.45, 7) is 4.10. The van der Waals surface area contributed by atoms with Crippen molar-refractivity contribution in [3.05, 3.63) is 60.2 Å². The maximum atomic E-state index is 12.4. The predicted molar refractivity (Wildman–Crippen MR) is 104 cm³/mol.